The van der Waals surface area contributed by atoms with E-state index in [0.29, 0.717) is 12.8 Å². The molecule has 0 spiro atoms. The highest BCUT2D eigenvalue weighted by Gasteiger charge is 2.28. The van der Waals surface area contributed by atoms with Crippen LogP contribution in [0.2, 0.25) is 0 Å². The third-order valence-electron chi connectivity index (χ3n) is 12.8. The molecule has 0 radical (unpaired) electrons. The predicted octanol–water partition coefficient (Wildman–Crippen LogP) is 14.8. The van der Waals surface area contributed by atoms with E-state index in [1.165, 1.54) is 231 Å². The zero-order valence-corrected chi connectivity index (χ0v) is 39.3. The number of aliphatic hydroxyl groups excluding tert-OH is 4. The van der Waals surface area contributed by atoms with Gasteiger partial charge in [0.05, 0.1) is 18.8 Å². The van der Waals surface area contributed by atoms with Gasteiger partial charge in [0, 0.05) is 0 Å². The van der Waals surface area contributed by atoms with E-state index in [1.807, 2.05) is 0 Å². The van der Waals surface area contributed by atoms with Gasteiger partial charge in [0.1, 0.15) is 12.2 Å². The molecule has 0 heterocycles. The van der Waals surface area contributed by atoms with E-state index in [-0.39, 0.29) is 0 Å². The van der Waals surface area contributed by atoms with Crippen LogP contribution in [0.5, 0.6) is 0 Å². The molecule has 0 bridgehead atoms. The van der Waals surface area contributed by atoms with Crippen molar-refractivity contribution < 1.29 is 25.2 Å². The van der Waals surface area contributed by atoms with Crippen LogP contribution in [0.1, 0.15) is 296 Å². The fraction of sp³-hybridized carbons (Fsp3) is 0.981. The zero-order valence-electron chi connectivity index (χ0n) is 39.3. The highest BCUT2D eigenvalue weighted by molar-refractivity contribution is 5.80. The number of unbranched alkanes of at least 4 members (excludes halogenated alkanes) is 40. The van der Waals surface area contributed by atoms with Crippen LogP contribution < -0.4 is 5.32 Å². The van der Waals surface area contributed by atoms with Gasteiger partial charge in [0.15, 0.2) is 0 Å². The van der Waals surface area contributed by atoms with E-state index in [9.17, 15) is 25.2 Å². The summed E-state index contributed by atoms with van der Waals surface area (Å²) in [4.78, 5) is 12.6. The monoisotopic (exact) mass is 824 g/mol. The molecule has 4 unspecified atom stereocenters. The number of carbonyl (C=O) groups is 1. The quantitative estimate of drug-likeness (QED) is 0.0393. The Labute approximate surface area is 362 Å². The van der Waals surface area contributed by atoms with Crippen molar-refractivity contribution in [1.29, 1.82) is 0 Å². The van der Waals surface area contributed by atoms with Gasteiger partial charge >= 0.3 is 0 Å². The first-order chi connectivity index (χ1) is 28.5. The third kappa shape index (κ3) is 40.7. The van der Waals surface area contributed by atoms with Crippen molar-refractivity contribution in [2.45, 2.75) is 321 Å². The first-order valence-corrected chi connectivity index (χ1v) is 26.4. The lowest BCUT2D eigenvalue weighted by molar-refractivity contribution is -0.132. The van der Waals surface area contributed by atoms with Crippen molar-refractivity contribution in [2.75, 3.05) is 6.61 Å². The van der Waals surface area contributed by atoms with Gasteiger partial charge in [-0.1, -0.05) is 284 Å². The van der Waals surface area contributed by atoms with Crippen molar-refractivity contribution in [3.63, 3.8) is 0 Å². The third-order valence-corrected chi connectivity index (χ3v) is 12.8. The second-order valence-corrected chi connectivity index (χ2v) is 18.6. The maximum atomic E-state index is 12.6. The highest BCUT2D eigenvalue weighted by Crippen LogP contribution is 2.18. The van der Waals surface area contributed by atoms with Gasteiger partial charge < -0.3 is 25.7 Å². The molecule has 0 aliphatic heterocycles. The van der Waals surface area contributed by atoms with Crippen molar-refractivity contribution in [3.05, 3.63) is 0 Å². The molecule has 0 saturated carbocycles. The van der Waals surface area contributed by atoms with Gasteiger partial charge in [0.2, 0.25) is 5.91 Å². The van der Waals surface area contributed by atoms with Crippen molar-refractivity contribution >= 4 is 5.91 Å². The number of aliphatic hydroxyl groups is 4. The number of amides is 1. The Morgan fingerprint density at radius 2 is 0.586 bits per heavy atom. The van der Waals surface area contributed by atoms with E-state index >= 15 is 0 Å². The maximum absolute atomic E-state index is 12.6. The topological polar surface area (TPSA) is 110 Å². The molecule has 348 valence electrons. The molecule has 0 aromatic heterocycles. The van der Waals surface area contributed by atoms with Gasteiger partial charge in [0.25, 0.3) is 0 Å². The van der Waals surface area contributed by atoms with Crippen LogP contribution >= 0.6 is 0 Å². The second-order valence-electron chi connectivity index (χ2n) is 18.6. The van der Waals surface area contributed by atoms with Crippen LogP contribution in [0.25, 0.3) is 0 Å². The average molecular weight is 824 g/mol. The lowest BCUT2D eigenvalue weighted by Gasteiger charge is -2.27. The Hall–Kier alpha value is -0.690. The first kappa shape index (κ1) is 57.3. The van der Waals surface area contributed by atoms with Gasteiger partial charge in [-0.3, -0.25) is 4.79 Å². The molecule has 0 saturated heterocycles. The fourth-order valence-electron chi connectivity index (χ4n) is 8.64. The minimum Gasteiger partial charge on any atom is -0.394 e. The largest absolute Gasteiger partial charge is 0.394 e. The molecule has 4 atom stereocenters. The summed E-state index contributed by atoms with van der Waals surface area (Å²) in [6.07, 6.45) is 52.9. The van der Waals surface area contributed by atoms with Crippen LogP contribution in [-0.2, 0) is 4.79 Å². The molecule has 6 nitrogen and oxygen atoms in total. The Balaban J connectivity index is 3.62. The number of rotatable bonds is 49. The fourth-order valence-corrected chi connectivity index (χ4v) is 8.64. The Morgan fingerprint density at radius 3 is 0.828 bits per heavy atom. The molecule has 5 N–H and O–H groups in total. The molecule has 1 amide bonds. The standard InChI is InChI=1S/C52H105NO5/c1-3-5-7-9-11-13-15-17-19-21-23-25-27-29-31-33-35-37-39-41-43-45-49(55)51(57)48(47-54)53-52(58)50(56)46-44-42-40-38-36-34-32-30-28-26-24-22-20-18-16-14-12-10-8-6-4-2/h48-51,54-57H,3-47H2,1-2H3,(H,53,58). The molecular formula is C52H105NO5. The average Bonchev–Trinajstić information content (AvgIpc) is 3.23. The summed E-state index contributed by atoms with van der Waals surface area (Å²) >= 11 is 0. The smallest absolute Gasteiger partial charge is 0.249 e. The summed E-state index contributed by atoms with van der Waals surface area (Å²) in [5.41, 5.74) is 0. The molecule has 58 heavy (non-hydrogen) atoms. The molecular weight excluding hydrogens is 719 g/mol. The molecule has 0 rings (SSSR count). The summed E-state index contributed by atoms with van der Waals surface area (Å²) in [5.74, 6) is -0.576. The van der Waals surface area contributed by atoms with Crippen LogP contribution in [0.4, 0.5) is 0 Å². The minimum absolute atomic E-state index is 0.376. The Bertz CT molecular complexity index is 796. The van der Waals surface area contributed by atoms with Crippen LogP contribution in [0, 0.1) is 0 Å². The van der Waals surface area contributed by atoms with Crippen molar-refractivity contribution in [2.24, 2.45) is 0 Å². The van der Waals surface area contributed by atoms with E-state index in [4.69, 9.17) is 0 Å². The molecule has 0 fully saturated rings. The number of hydrogen-bond donors (Lipinski definition) is 5. The van der Waals surface area contributed by atoms with Gasteiger partial charge in [-0.25, -0.2) is 0 Å². The molecule has 6 heteroatoms. The SMILES string of the molecule is CCCCCCCCCCCCCCCCCCCCCCCC(O)C(=O)NC(CO)C(O)C(O)CCCCCCCCCCCCCCCCCCCCCCC. The summed E-state index contributed by atoms with van der Waals surface area (Å²) in [6, 6.07) is -0.980. The normalized spacial score (nSPS) is 13.8. The van der Waals surface area contributed by atoms with Crippen molar-refractivity contribution in [1.82, 2.24) is 5.32 Å². The van der Waals surface area contributed by atoms with Gasteiger partial charge in [-0.15, -0.1) is 0 Å². The minimum atomic E-state index is -1.25. The van der Waals surface area contributed by atoms with Crippen molar-refractivity contribution in [3.8, 4) is 0 Å². The van der Waals surface area contributed by atoms with E-state index in [2.05, 4.69) is 19.2 Å². The number of nitrogens with one attached hydrogen (secondary N) is 1. The maximum Gasteiger partial charge on any atom is 0.249 e. The van der Waals surface area contributed by atoms with E-state index in [1.54, 1.807) is 0 Å². The summed E-state index contributed by atoms with van der Waals surface area (Å²) in [7, 11) is 0. The molecule has 0 aromatic carbocycles. The molecule has 0 aliphatic carbocycles. The number of carbonyl (C=O) groups excluding carboxylic acids is 1. The predicted molar refractivity (Wildman–Crippen MR) is 252 cm³/mol. The lowest BCUT2D eigenvalue weighted by atomic mass is 9.99. The molecule has 0 aliphatic rings. The number of hydrogen-bond acceptors (Lipinski definition) is 5. The Morgan fingerprint density at radius 1 is 0.362 bits per heavy atom. The van der Waals surface area contributed by atoms with Crippen LogP contribution in [-0.4, -0.2) is 57.3 Å². The van der Waals surface area contributed by atoms with Gasteiger partial charge in [-0.05, 0) is 12.8 Å². The summed E-state index contributed by atoms with van der Waals surface area (Å²) in [6.45, 7) is 4.09. The zero-order chi connectivity index (χ0) is 42.4. The highest BCUT2D eigenvalue weighted by atomic mass is 16.3. The summed E-state index contributed by atoms with van der Waals surface area (Å²) in [5, 5.41) is 43.9. The van der Waals surface area contributed by atoms with Crippen LogP contribution in [0.15, 0.2) is 0 Å². The van der Waals surface area contributed by atoms with Crippen LogP contribution in [0.3, 0.4) is 0 Å². The van der Waals surface area contributed by atoms with E-state index < -0.39 is 36.9 Å². The lowest BCUT2D eigenvalue weighted by Crippen LogP contribution is -2.53. The Kier molecular flexibility index (Phi) is 46.8. The summed E-state index contributed by atoms with van der Waals surface area (Å²) < 4.78 is 0. The molecule has 0 aromatic rings. The van der Waals surface area contributed by atoms with E-state index in [0.717, 1.165) is 38.5 Å². The van der Waals surface area contributed by atoms with Gasteiger partial charge in [-0.2, -0.15) is 0 Å². The first-order valence-electron chi connectivity index (χ1n) is 26.4. The second kappa shape index (κ2) is 47.4.